The molecule has 0 amide bonds. The molecule has 3 aromatic heterocycles. The predicted octanol–water partition coefficient (Wildman–Crippen LogP) is 3.21. The van der Waals surface area contributed by atoms with Gasteiger partial charge in [0.05, 0.1) is 11.1 Å². The van der Waals surface area contributed by atoms with Crippen molar-refractivity contribution >= 4 is 22.7 Å². The molecular formula is C18H16N6. The van der Waals surface area contributed by atoms with E-state index in [9.17, 15) is 0 Å². The van der Waals surface area contributed by atoms with Crippen molar-refractivity contribution in [3.05, 3.63) is 66.6 Å². The van der Waals surface area contributed by atoms with E-state index < -0.39 is 0 Å². The summed E-state index contributed by atoms with van der Waals surface area (Å²) in [7, 11) is 0. The molecule has 24 heavy (non-hydrogen) atoms. The Balaban J connectivity index is 1.74. The Morgan fingerprint density at radius 2 is 1.83 bits per heavy atom. The van der Waals surface area contributed by atoms with Gasteiger partial charge in [0.25, 0.3) is 0 Å². The minimum atomic E-state index is 0.254. The van der Waals surface area contributed by atoms with Gasteiger partial charge in [-0.1, -0.05) is 30.3 Å². The second kappa shape index (κ2) is 6.00. The summed E-state index contributed by atoms with van der Waals surface area (Å²) in [6, 6.07) is 14.1. The summed E-state index contributed by atoms with van der Waals surface area (Å²) >= 11 is 0. The predicted molar refractivity (Wildman–Crippen MR) is 95.3 cm³/mol. The van der Waals surface area contributed by atoms with E-state index in [4.69, 9.17) is 5.73 Å². The molecule has 0 saturated heterocycles. The molecule has 4 N–H and O–H groups in total. The molecule has 0 bridgehead atoms. The largest absolute Gasteiger partial charge is 0.380 e. The number of rotatable bonds is 4. The Morgan fingerprint density at radius 1 is 1.00 bits per heavy atom. The van der Waals surface area contributed by atoms with Crippen molar-refractivity contribution in [1.29, 1.82) is 0 Å². The summed E-state index contributed by atoms with van der Waals surface area (Å²) in [5, 5.41) is 4.47. The van der Waals surface area contributed by atoms with Crippen LogP contribution in [0.1, 0.15) is 5.56 Å². The second-order valence-corrected chi connectivity index (χ2v) is 5.42. The van der Waals surface area contributed by atoms with Gasteiger partial charge >= 0.3 is 0 Å². The lowest BCUT2D eigenvalue weighted by molar-refractivity contribution is 1.15. The van der Waals surface area contributed by atoms with E-state index in [1.54, 1.807) is 12.4 Å². The number of aromatic amines is 1. The first-order chi connectivity index (χ1) is 11.8. The summed E-state index contributed by atoms with van der Waals surface area (Å²) < 4.78 is 0. The van der Waals surface area contributed by atoms with E-state index >= 15 is 0 Å². The number of benzene rings is 1. The Hall–Kier alpha value is -3.41. The van der Waals surface area contributed by atoms with E-state index in [1.807, 2.05) is 36.5 Å². The van der Waals surface area contributed by atoms with E-state index in [0.717, 1.165) is 34.5 Å². The van der Waals surface area contributed by atoms with Crippen molar-refractivity contribution in [3.63, 3.8) is 0 Å². The Morgan fingerprint density at radius 3 is 2.67 bits per heavy atom. The van der Waals surface area contributed by atoms with Crippen molar-refractivity contribution < 1.29 is 0 Å². The van der Waals surface area contributed by atoms with Gasteiger partial charge < -0.3 is 16.0 Å². The summed E-state index contributed by atoms with van der Waals surface area (Å²) in [4.78, 5) is 15.9. The highest BCUT2D eigenvalue weighted by molar-refractivity contribution is 6.01. The topological polar surface area (TPSA) is 92.5 Å². The highest BCUT2D eigenvalue weighted by Gasteiger charge is 2.12. The lowest BCUT2D eigenvalue weighted by Gasteiger charge is -2.09. The van der Waals surface area contributed by atoms with Crippen LogP contribution in [0.2, 0.25) is 0 Å². The molecule has 0 fully saturated rings. The van der Waals surface area contributed by atoms with E-state index in [0.29, 0.717) is 0 Å². The van der Waals surface area contributed by atoms with Crippen molar-refractivity contribution in [2.75, 3.05) is 11.1 Å². The van der Waals surface area contributed by atoms with Crippen LogP contribution in [0, 0.1) is 0 Å². The molecule has 0 aliphatic heterocycles. The third kappa shape index (κ3) is 2.65. The number of aromatic nitrogens is 4. The highest BCUT2D eigenvalue weighted by Crippen LogP contribution is 2.32. The Kier molecular flexibility index (Phi) is 3.55. The minimum absolute atomic E-state index is 0.254. The summed E-state index contributed by atoms with van der Waals surface area (Å²) in [6.07, 6.45) is 5.33. The first kappa shape index (κ1) is 14.2. The standard InChI is InChI=1S/C18H16N6/c19-18-21-9-6-14(24-18)13-11-23-17-16(13)15(7-8-20-17)22-10-12-4-2-1-3-5-12/h1-9,11H,10H2,(H2,19,21,24)(H2,20,22,23). The third-order valence-electron chi connectivity index (χ3n) is 3.85. The molecule has 0 saturated carbocycles. The molecule has 6 heteroatoms. The van der Waals surface area contributed by atoms with Gasteiger partial charge in [-0.2, -0.15) is 0 Å². The smallest absolute Gasteiger partial charge is 0.220 e. The second-order valence-electron chi connectivity index (χ2n) is 5.42. The molecule has 118 valence electrons. The first-order valence-corrected chi connectivity index (χ1v) is 7.64. The Bertz CT molecular complexity index is 977. The van der Waals surface area contributed by atoms with Crippen LogP contribution in [0.15, 0.2) is 61.1 Å². The van der Waals surface area contributed by atoms with Gasteiger partial charge in [-0.05, 0) is 17.7 Å². The fraction of sp³-hybridized carbons (Fsp3) is 0.0556. The zero-order valence-corrected chi connectivity index (χ0v) is 12.9. The SMILES string of the molecule is Nc1nccc(-c2c[nH]c3nccc(NCc4ccccc4)c23)n1. The number of fused-ring (bicyclic) bond motifs is 1. The zero-order chi connectivity index (χ0) is 16.4. The van der Waals surface area contributed by atoms with Gasteiger partial charge in [0.15, 0.2) is 0 Å². The zero-order valence-electron chi connectivity index (χ0n) is 12.9. The van der Waals surface area contributed by atoms with Crippen LogP contribution in [0.4, 0.5) is 11.6 Å². The number of H-pyrrole nitrogens is 1. The van der Waals surface area contributed by atoms with Crippen LogP contribution in [-0.4, -0.2) is 19.9 Å². The van der Waals surface area contributed by atoms with Crippen molar-refractivity contribution in [2.24, 2.45) is 0 Å². The molecule has 0 aliphatic rings. The van der Waals surface area contributed by atoms with E-state index in [2.05, 4.69) is 37.4 Å². The summed E-state index contributed by atoms with van der Waals surface area (Å²) in [6.45, 7) is 0.733. The van der Waals surface area contributed by atoms with Gasteiger partial charge in [-0.25, -0.2) is 15.0 Å². The number of hydrogen-bond acceptors (Lipinski definition) is 5. The molecule has 4 aromatic rings. The fourth-order valence-corrected chi connectivity index (χ4v) is 2.72. The van der Waals surface area contributed by atoms with Crippen molar-refractivity contribution in [2.45, 2.75) is 6.54 Å². The quantitative estimate of drug-likeness (QED) is 0.537. The number of anilines is 2. The number of pyridine rings is 1. The average molecular weight is 316 g/mol. The molecule has 0 spiro atoms. The van der Waals surface area contributed by atoms with Gasteiger partial charge in [-0.15, -0.1) is 0 Å². The highest BCUT2D eigenvalue weighted by atomic mass is 15.0. The van der Waals surface area contributed by atoms with Gasteiger partial charge in [-0.3, -0.25) is 0 Å². The van der Waals surface area contributed by atoms with Crippen LogP contribution >= 0.6 is 0 Å². The summed E-state index contributed by atoms with van der Waals surface area (Å²) in [5.74, 6) is 0.254. The molecule has 6 nitrogen and oxygen atoms in total. The first-order valence-electron chi connectivity index (χ1n) is 7.64. The lowest BCUT2D eigenvalue weighted by Crippen LogP contribution is -2.00. The monoisotopic (exact) mass is 316 g/mol. The van der Waals surface area contributed by atoms with E-state index in [1.165, 1.54) is 5.56 Å². The normalized spacial score (nSPS) is 10.8. The maximum atomic E-state index is 5.72. The van der Waals surface area contributed by atoms with Crippen LogP contribution in [0.3, 0.4) is 0 Å². The minimum Gasteiger partial charge on any atom is -0.380 e. The molecule has 0 unspecified atom stereocenters. The number of nitrogens with two attached hydrogens (primary N) is 1. The lowest BCUT2D eigenvalue weighted by atomic mass is 10.1. The van der Waals surface area contributed by atoms with Crippen molar-refractivity contribution in [1.82, 2.24) is 19.9 Å². The fourth-order valence-electron chi connectivity index (χ4n) is 2.72. The van der Waals surface area contributed by atoms with Crippen LogP contribution in [0.25, 0.3) is 22.3 Å². The Labute approximate surface area is 138 Å². The molecular weight excluding hydrogens is 300 g/mol. The van der Waals surface area contributed by atoms with Crippen molar-refractivity contribution in [3.8, 4) is 11.3 Å². The molecule has 0 atom stereocenters. The number of nitrogen functional groups attached to an aromatic ring is 1. The summed E-state index contributed by atoms with van der Waals surface area (Å²) in [5.41, 5.74) is 10.4. The number of nitrogens with one attached hydrogen (secondary N) is 2. The third-order valence-corrected chi connectivity index (χ3v) is 3.85. The van der Waals surface area contributed by atoms with Gasteiger partial charge in [0.1, 0.15) is 5.65 Å². The molecule has 1 aromatic carbocycles. The maximum Gasteiger partial charge on any atom is 0.220 e. The number of hydrogen-bond donors (Lipinski definition) is 3. The maximum absolute atomic E-state index is 5.72. The van der Waals surface area contributed by atoms with E-state index in [-0.39, 0.29) is 5.95 Å². The number of nitrogens with zero attached hydrogens (tertiary/aromatic N) is 3. The molecule has 0 radical (unpaired) electrons. The molecule has 0 aliphatic carbocycles. The van der Waals surface area contributed by atoms with Gasteiger partial charge in [0, 0.05) is 36.4 Å². The molecule has 3 heterocycles. The van der Waals surface area contributed by atoms with Crippen LogP contribution < -0.4 is 11.1 Å². The van der Waals surface area contributed by atoms with Crippen LogP contribution in [0.5, 0.6) is 0 Å². The van der Waals surface area contributed by atoms with Gasteiger partial charge in [0.2, 0.25) is 5.95 Å². The molecule has 4 rings (SSSR count). The average Bonchev–Trinajstić information content (AvgIpc) is 3.05. The van der Waals surface area contributed by atoms with Crippen LogP contribution in [-0.2, 0) is 6.54 Å².